The Labute approximate surface area is 98.3 Å². The molecule has 0 aromatic heterocycles. The highest BCUT2D eigenvalue weighted by Crippen LogP contribution is 2.24. The summed E-state index contributed by atoms with van der Waals surface area (Å²) in [5.74, 6) is 1.43. The maximum atomic E-state index is 11.6. The lowest BCUT2D eigenvalue weighted by atomic mass is 10.1. The molecule has 94 valence electrons. The van der Waals surface area contributed by atoms with Crippen molar-refractivity contribution < 1.29 is 8.42 Å². The van der Waals surface area contributed by atoms with E-state index in [9.17, 15) is 8.42 Å². The van der Waals surface area contributed by atoms with E-state index in [1.165, 1.54) is 6.42 Å². The van der Waals surface area contributed by atoms with Gasteiger partial charge in [-0.25, -0.2) is 8.42 Å². The number of fused-ring (bicyclic) bond motifs is 1. The summed E-state index contributed by atoms with van der Waals surface area (Å²) >= 11 is 0. The van der Waals surface area contributed by atoms with Gasteiger partial charge in [0.05, 0.1) is 5.75 Å². The Morgan fingerprint density at radius 1 is 1.31 bits per heavy atom. The van der Waals surface area contributed by atoms with Gasteiger partial charge in [0.25, 0.3) is 0 Å². The van der Waals surface area contributed by atoms with E-state index in [0.717, 1.165) is 38.5 Å². The van der Waals surface area contributed by atoms with Crippen LogP contribution in [-0.4, -0.2) is 57.0 Å². The Bertz CT molecular complexity index is 317. The zero-order valence-electron chi connectivity index (χ0n) is 9.98. The molecule has 0 unspecified atom stereocenters. The zero-order valence-corrected chi connectivity index (χ0v) is 10.8. The second kappa shape index (κ2) is 5.02. The number of nitrogens with one attached hydrogen (secondary N) is 1. The van der Waals surface area contributed by atoms with Gasteiger partial charge in [-0.05, 0) is 25.3 Å². The SMILES string of the molecule is CCCS(=O)(=O)CCN1C[C@@H]2CCN[C@@H]2C1. The van der Waals surface area contributed by atoms with Crippen LogP contribution >= 0.6 is 0 Å². The monoisotopic (exact) mass is 246 g/mol. The van der Waals surface area contributed by atoms with Crippen molar-refractivity contribution in [2.24, 2.45) is 5.92 Å². The summed E-state index contributed by atoms with van der Waals surface area (Å²) in [5, 5.41) is 3.48. The minimum Gasteiger partial charge on any atom is -0.312 e. The third kappa shape index (κ3) is 2.96. The van der Waals surface area contributed by atoms with Crippen LogP contribution in [0, 0.1) is 5.92 Å². The first-order valence-corrected chi connectivity index (χ1v) is 8.09. The lowest BCUT2D eigenvalue weighted by molar-refractivity contribution is 0.332. The molecule has 16 heavy (non-hydrogen) atoms. The molecule has 2 heterocycles. The number of hydrogen-bond acceptors (Lipinski definition) is 4. The fourth-order valence-corrected chi connectivity index (χ4v) is 4.16. The Balaban J connectivity index is 1.76. The number of nitrogens with zero attached hydrogens (tertiary/aromatic N) is 1. The fourth-order valence-electron chi connectivity index (χ4n) is 2.80. The molecule has 1 N–H and O–H groups in total. The van der Waals surface area contributed by atoms with Crippen molar-refractivity contribution in [3.63, 3.8) is 0 Å². The summed E-state index contributed by atoms with van der Waals surface area (Å²) in [6.07, 6.45) is 1.98. The van der Waals surface area contributed by atoms with Crippen molar-refractivity contribution >= 4 is 9.84 Å². The van der Waals surface area contributed by atoms with Gasteiger partial charge >= 0.3 is 0 Å². The minimum atomic E-state index is -2.80. The standard InChI is InChI=1S/C11H22N2O2S/c1-2-6-16(14,15)7-5-13-8-10-3-4-12-11(10)9-13/h10-12H,2-9H2,1H3/t10-,11+/m0/s1. The van der Waals surface area contributed by atoms with Crippen LogP contribution in [0.1, 0.15) is 19.8 Å². The van der Waals surface area contributed by atoms with Gasteiger partial charge in [0.15, 0.2) is 9.84 Å². The highest BCUT2D eigenvalue weighted by molar-refractivity contribution is 7.91. The molecule has 4 nitrogen and oxygen atoms in total. The van der Waals surface area contributed by atoms with E-state index in [1.54, 1.807) is 0 Å². The summed E-state index contributed by atoms with van der Waals surface area (Å²) in [6, 6.07) is 0.619. The lowest BCUT2D eigenvalue weighted by Crippen LogP contribution is -2.33. The largest absolute Gasteiger partial charge is 0.312 e. The normalized spacial score (nSPS) is 30.8. The Hall–Kier alpha value is -0.130. The van der Waals surface area contributed by atoms with Crippen molar-refractivity contribution in [1.29, 1.82) is 0 Å². The van der Waals surface area contributed by atoms with Gasteiger partial charge in [-0.2, -0.15) is 0 Å². The average molecular weight is 246 g/mol. The zero-order chi connectivity index (χ0) is 11.6. The van der Waals surface area contributed by atoms with Crippen molar-refractivity contribution in [3.05, 3.63) is 0 Å². The molecular formula is C11H22N2O2S. The number of hydrogen-bond donors (Lipinski definition) is 1. The van der Waals surface area contributed by atoms with Crippen LogP contribution < -0.4 is 5.32 Å². The summed E-state index contributed by atoms with van der Waals surface area (Å²) < 4.78 is 23.2. The predicted molar refractivity (Wildman–Crippen MR) is 65.3 cm³/mol. The maximum absolute atomic E-state index is 11.6. The van der Waals surface area contributed by atoms with Crippen LogP contribution in [0.2, 0.25) is 0 Å². The first-order chi connectivity index (χ1) is 7.61. The van der Waals surface area contributed by atoms with Crippen molar-refractivity contribution in [2.45, 2.75) is 25.8 Å². The summed E-state index contributed by atoms with van der Waals surface area (Å²) in [6.45, 7) is 5.89. The van der Waals surface area contributed by atoms with Crippen molar-refractivity contribution in [2.75, 3.05) is 37.7 Å². The minimum absolute atomic E-state index is 0.334. The molecule has 5 heteroatoms. The number of rotatable bonds is 5. The van der Waals surface area contributed by atoms with E-state index in [2.05, 4.69) is 10.2 Å². The second-order valence-electron chi connectivity index (χ2n) is 5.02. The highest BCUT2D eigenvalue weighted by atomic mass is 32.2. The summed E-state index contributed by atoms with van der Waals surface area (Å²) in [4.78, 5) is 2.30. The Morgan fingerprint density at radius 2 is 2.12 bits per heavy atom. The Kier molecular flexibility index (Phi) is 3.87. The van der Waals surface area contributed by atoms with E-state index in [0.29, 0.717) is 17.5 Å². The quantitative estimate of drug-likeness (QED) is 0.748. The summed E-state index contributed by atoms with van der Waals surface area (Å²) in [7, 11) is -2.80. The van der Waals surface area contributed by atoms with Gasteiger partial charge in [-0.1, -0.05) is 6.92 Å². The fraction of sp³-hybridized carbons (Fsp3) is 1.00. The van der Waals surface area contributed by atoms with Crippen LogP contribution in [0.4, 0.5) is 0 Å². The molecule has 2 atom stereocenters. The van der Waals surface area contributed by atoms with Gasteiger partial charge in [-0.3, -0.25) is 0 Å². The van der Waals surface area contributed by atoms with Crippen molar-refractivity contribution in [1.82, 2.24) is 10.2 Å². The molecule has 0 amide bonds. The van der Waals surface area contributed by atoms with Gasteiger partial charge in [0.2, 0.25) is 0 Å². The van der Waals surface area contributed by atoms with E-state index in [-0.39, 0.29) is 0 Å². The van der Waals surface area contributed by atoms with Gasteiger partial charge < -0.3 is 10.2 Å². The van der Waals surface area contributed by atoms with Gasteiger partial charge in [0, 0.05) is 31.4 Å². The molecule has 2 aliphatic heterocycles. The molecular weight excluding hydrogens is 224 g/mol. The topological polar surface area (TPSA) is 49.4 Å². The van der Waals surface area contributed by atoms with E-state index in [1.807, 2.05) is 6.92 Å². The van der Waals surface area contributed by atoms with Crippen LogP contribution in [0.3, 0.4) is 0 Å². The van der Waals surface area contributed by atoms with Gasteiger partial charge in [0.1, 0.15) is 0 Å². The third-order valence-electron chi connectivity index (χ3n) is 3.67. The van der Waals surface area contributed by atoms with E-state index >= 15 is 0 Å². The first-order valence-electron chi connectivity index (χ1n) is 6.27. The molecule has 2 rings (SSSR count). The Morgan fingerprint density at radius 3 is 2.81 bits per heavy atom. The number of sulfone groups is 1. The van der Waals surface area contributed by atoms with Crippen molar-refractivity contribution in [3.8, 4) is 0 Å². The molecule has 0 aliphatic carbocycles. The molecule has 0 radical (unpaired) electrons. The van der Waals surface area contributed by atoms with Crippen LogP contribution in [0.15, 0.2) is 0 Å². The first kappa shape index (κ1) is 12.3. The van der Waals surface area contributed by atoms with Crippen LogP contribution in [-0.2, 0) is 9.84 Å². The molecule has 2 saturated heterocycles. The predicted octanol–water partition coefficient (Wildman–Crippen LogP) is 0.105. The second-order valence-corrected chi connectivity index (χ2v) is 7.32. The van der Waals surface area contributed by atoms with Gasteiger partial charge in [-0.15, -0.1) is 0 Å². The molecule has 0 spiro atoms. The molecule has 0 bridgehead atoms. The highest BCUT2D eigenvalue weighted by Gasteiger charge is 2.35. The molecule has 0 aromatic carbocycles. The molecule has 2 aliphatic rings. The number of likely N-dealkylation sites (tertiary alicyclic amines) is 1. The molecule has 0 saturated carbocycles. The smallest absolute Gasteiger partial charge is 0.151 e. The molecule has 0 aromatic rings. The average Bonchev–Trinajstić information content (AvgIpc) is 2.73. The third-order valence-corrected chi connectivity index (χ3v) is 5.51. The maximum Gasteiger partial charge on any atom is 0.151 e. The molecule has 2 fully saturated rings. The van der Waals surface area contributed by atoms with E-state index < -0.39 is 9.84 Å². The van der Waals surface area contributed by atoms with Crippen LogP contribution in [0.25, 0.3) is 0 Å². The van der Waals surface area contributed by atoms with Crippen LogP contribution in [0.5, 0.6) is 0 Å². The lowest BCUT2D eigenvalue weighted by Gasteiger charge is -2.16. The van der Waals surface area contributed by atoms with E-state index in [4.69, 9.17) is 0 Å². The summed E-state index contributed by atoms with van der Waals surface area (Å²) in [5.41, 5.74) is 0.